The Morgan fingerprint density at radius 3 is 2.44 bits per heavy atom. The maximum Gasteiger partial charge on any atom is 0.0220 e. The molecule has 0 saturated heterocycles. The van der Waals surface area contributed by atoms with Crippen LogP contribution in [0.2, 0.25) is 0 Å². The summed E-state index contributed by atoms with van der Waals surface area (Å²) in [5.41, 5.74) is 3.80. The predicted octanol–water partition coefficient (Wildman–Crippen LogP) is 3.84. The molecule has 0 unspecified atom stereocenters. The van der Waals surface area contributed by atoms with Gasteiger partial charge in [0.05, 0.1) is 0 Å². The van der Waals surface area contributed by atoms with Gasteiger partial charge in [0.15, 0.2) is 0 Å². The fraction of sp³-hybridized carbons (Fsp3) is 0.143. The van der Waals surface area contributed by atoms with E-state index in [0.717, 1.165) is 11.0 Å². The number of hydrogen-bond donors (Lipinski definition) is 1. The van der Waals surface area contributed by atoms with Crippen LogP contribution in [0.3, 0.4) is 0 Å². The lowest BCUT2D eigenvalue weighted by Gasteiger charge is -2.07. The third kappa shape index (κ3) is 2.52. The monoisotopic (exact) mass is 275 g/mol. The second-order valence-electron chi connectivity index (χ2n) is 3.70. The summed E-state index contributed by atoms with van der Waals surface area (Å²) in [7, 11) is 1.96. The third-order valence-corrected chi connectivity index (χ3v) is 3.29. The molecule has 0 bridgehead atoms. The maximum atomic E-state index is 3.56. The van der Waals surface area contributed by atoms with Gasteiger partial charge in [0.2, 0.25) is 0 Å². The van der Waals surface area contributed by atoms with Gasteiger partial charge in [0.25, 0.3) is 0 Å². The number of nitrogens with one attached hydrogen (secondary N) is 1. The Morgan fingerprint density at radius 1 is 1.00 bits per heavy atom. The van der Waals surface area contributed by atoms with E-state index >= 15 is 0 Å². The van der Waals surface area contributed by atoms with Crippen LogP contribution in [0.25, 0.3) is 11.1 Å². The van der Waals surface area contributed by atoms with Gasteiger partial charge in [0, 0.05) is 11.0 Å². The van der Waals surface area contributed by atoms with E-state index in [2.05, 4.69) is 63.7 Å². The zero-order chi connectivity index (χ0) is 11.4. The van der Waals surface area contributed by atoms with Crippen molar-refractivity contribution in [1.82, 2.24) is 5.32 Å². The van der Waals surface area contributed by atoms with Gasteiger partial charge in [-0.05, 0) is 35.9 Å². The Bertz CT molecular complexity index is 465. The van der Waals surface area contributed by atoms with E-state index in [1.165, 1.54) is 16.7 Å². The van der Waals surface area contributed by atoms with Gasteiger partial charge in [-0.1, -0.05) is 52.3 Å². The highest BCUT2D eigenvalue weighted by atomic mass is 79.9. The zero-order valence-electron chi connectivity index (χ0n) is 9.20. The molecule has 82 valence electrons. The van der Waals surface area contributed by atoms with E-state index < -0.39 is 0 Å². The smallest absolute Gasteiger partial charge is 0.0220 e. The molecule has 0 amide bonds. The van der Waals surface area contributed by atoms with Crippen molar-refractivity contribution < 1.29 is 0 Å². The minimum absolute atomic E-state index is 0.876. The Morgan fingerprint density at radius 2 is 1.75 bits per heavy atom. The van der Waals surface area contributed by atoms with Crippen LogP contribution in [0.4, 0.5) is 0 Å². The molecule has 0 aliphatic heterocycles. The Kier molecular flexibility index (Phi) is 3.75. The van der Waals surface area contributed by atoms with Crippen LogP contribution in [-0.4, -0.2) is 7.05 Å². The average molecular weight is 276 g/mol. The summed E-state index contributed by atoms with van der Waals surface area (Å²) in [6.45, 7) is 0.876. The van der Waals surface area contributed by atoms with Crippen LogP contribution >= 0.6 is 15.9 Å². The summed E-state index contributed by atoms with van der Waals surface area (Å²) >= 11 is 3.56. The molecule has 0 saturated carbocycles. The second-order valence-corrected chi connectivity index (χ2v) is 4.56. The SMILES string of the molecule is CNCc1cc(-c2ccccc2)ccc1Br. The lowest BCUT2D eigenvalue weighted by atomic mass is 10.0. The van der Waals surface area contributed by atoms with Gasteiger partial charge >= 0.3 is 0 Å². The summed E-state index contributed by atoms with van der Waals surface area (Å²) in [6.07, 6.45) is 0. The highest BCUT2D eigenvalue weighted by Crippen LogP contribution is 2.25. The lowest BCUT2D eigenvalue weighted by molar-refractivity contribution is 0.815. The minimum Gasteiger partial charge on any atom is -0.316 e. The molecule has 2 aromatic carbocycles. The molecule has 2 heteroatoms. The lowest BCUT2D eigenvalue weighted by Crippen LogP contribution is -2.05. The normalized spacial score (nSPS) is 10.4. The number of hydrogen-bond acceptors (Lipinski definition) is 1. The van der Waals surface area contributed by atoms with Crippen LogP contribution in [0.15, 0.2) is 53.0 Å². The van der Waals surface area contributed by atoms with Crippen LogP contribution in [0, 0.1) is 0 Å². The molecule has 0 heterocycles. The van der Waals surface area contributed by atoms with Crippen molar-refractivity contribution in [3.63, 3.8) is 0 Å². The maximum absolute atomic E-state index is 3.56. The topological polar surface area (TPSA) is 12.0 Å². The molecule has 1 N–H and O–H groups in total. The van der Waals surface area contributed by atoms with Crippen LogP contribution in [0.5, 0.6) is 0 Å². The zero-order valence-corrected chi connectivity index (χ0v) is 10.8. The molecular formula is C14H14BrN. The van der Waals surface area contributed by atoms with Crippen molar-refractivity contribution >= 4 is 15.9 Å². The van der Waals surface area contributed by atoms with Gasteiger partial charge in [-0.25, -0.2) is 0 Å². The van der Waals surface area contributed by atoms with Gasteiger partial charge in [0.1, 0.15) is 0 Å². The minimum atomic E-state index is 0.876. The molecule has 0 aliphatic carbocycles. The van der Waals surface area contributed by atoms with Gasteiger partial charge in [-0.2, -0.15) is 0 Å². The third-order valence-electron chi connectivity index (χ3n) is 2.52. The van der Waals surface area contributed by atoms with Gasteiger partial charge in [-0.3, -0.25) is 0 Å². The molecule has 0 aliphatic rings. The molecular weight excluding hydrogens is 262 g/mol. The fourth-order valence-electron chi connectivity index (χ4n) is 1.71. The van der Waals surface area contributed by atoms with Gasteiger partial charge in [-0.15, -0.1) is 0 Å². The molecule has 1 nitrogen and oxygen atoms in total. The summed E-state index contributed by atoms with van der Waals surface area (Å²) in [4.78, 5) is 0. The quantitative estimate of drug-likeness (QED) is 0.898. The molecule has 0 aromatic heterocycles. The standard InChI is InChI=1S/C14H14BrN/c1-16-10-13-9-12(7-8-14(13)15)11-5-3-2-4-6-11/h2-9,16H,10H2,1H3. The van der Waals surface area contributed by atoms with Crippen molar-refractivity contribution in [3.8, 4) is 11.1 Å². The van der Waals surface area contributed by atoms with E-state index in [-0.39, 0.29) is 0 Å². The fourth-order valence-corrected chi connectivity index (χ4v) is 2.10. The highest BCUT2D eigenvalue weighted by Gasteiger charge is 2.02. The molecule has 0 spiro atoms. The summed E-state index contributed by atoms with van der Waals surface area (Å²) < 4.78 is 1.15. The van der Waals surface area contributed by atoms with E-state index in [1.54, 1.807) is 0 Å². The van der Waals surface area contributed by atoms with Gasteiger partial charge < -0.3 is 5.32 Å². The van der Waals surface area contributed by atoms with Crippen LogP contribution < -0.4 is 5.32 Å². The summed E-state index contributed by atoms with van der Waals surface area (Å²) in [5, 5.41) is 3.17. The number of benzene rings is 2. The first-order valence-corrected chi connectivity index (χ1v) is 6.09. The van der Waals surface area contributed by atoms with Crippen LogP contribution in [0.1, 0.15) is 5.56 Å². The first kappa shape index (κ1) is 11.4. The van der Waals surface area contributed by atoms with Crippen molar-refractivity contribution in [2.45, 2.75) is 6.54 Å². The molecule has 2 aromatic rings. The second kappa shape index (κ2) is 5.28. The van der Waals surface area contributed by atoms with Crippen molar-refractivity contribution in [2.75, 3.05) is 7.05 Å². The van der Waals surface area contributed by atoms with E-state index in [4.69, 9.17) is 0 Å². The first-order valence-electron chi connectivity index (χ1n) is 5.29. The molecule has 2 rings (SSSR count). The van der Waals surface area contributed by atoms with Crippen LogP contribution in [-0.2, 0) is 6.54 Å². The number of halogens is 1. The largest absolute Gasteiger partial charge is 0.316 e. The van der Waals surface area contributed by atoms with E-state index in [0.29, 0.717) is 0 Å². The number of rotatable bonds is 3. The Labute approximate surface area is 105 Å². The van der Waals surface area contributed by atoms with E-state index in [9.17, 15) is 0 Å². The predicted molar refractivity (Wildman–Crippen MR) is 72.3 cm³/mol. The summed E-state index contributed by atoms with van der Waals surface area (Å²) in [5.74, 6) is 0. The Balaban J connectivity index is 2.40. The summed E-state index contributed by atoms with van der Waals surface area (Å²) in [6, 6.07) is 16.9. The van der Waals surface area contributed by atoms with Crippen molar-refractivity contribution in [3.05, 3.63) is 58.6 Å². The highest BCUT2D eigenvalue weighted by molar-refractivity contribution is 9.10. The molecule has 0 radical (unpaired) electrons. The van der Waals surface area contributed by atoms with Crippen molar-refractivity contribution in [1.29, 1.82) is 0 Å². The Hall–Kier alpha value is -1.12. The molecule has 16 heavy (non-hydrogen) atoms. The molecule has 0 fully saturated rings. The molecule has 0 atom stereocenters. The average Bonchev–Trinajstić information content (AvgIpc) is 2.33. The first-order chi connectivity index (χ1) is 7.81. The van der Waals surface area contributed by atoms with Crippen molar-refractivity contribution in [2.24, 2.45) is 0 Å². The van der Waals surface area contributed by atoms with E-state index in [1.807, 2.05) is 13.1 Å².